The van der Waals surface area contributed by atoms with Crippen LogP contribution in [-0.2, 0) is 11.3 Å². The third-order valence-electron chi connectivity index (χ3n) is 2.76. The van der Waals surface area contributed by atoms with Crippen molar-refractivity contribution in [2.75, 3.05) is 11.1 Å². The van der Waals surface area contributed by atoms with Crippen molar-refractivity contribution >= 4 is 39.9 Å². The molecule has 3 N–H and O–H groups in total. The average molecular weight is 402 g/mol. The van der Waals surface area contributed by atoms with E-state index in [1.54, 1.807) is 6.92 Å². The number of nitrogens with one attached hydrogen (secondary N) is 1. The van der Waals surface area contributed by atoms with Crippen molar-refractivity contribution < 1.29 is 9.18 Å². The topological polar surface area (TPSA) is 90.0 Å². The summed E-state index contributed by atoms with van der Waals surface area (Å²) >= 11 is 1.88. The SMILES string of the molecule is Cc1ncn(CC(=O)Nc2ccc(F)cc2N)c(=O)c1I. The maximum atomic E-state index is 12.9. The number of hydrogen-bond acceptors (Lipinski definition) is 4. The molecule has 1 aromatic carbocycles. The lowest BCUT2D eigenvalue weighted by molar-refractivity contribution is -0.116. The van der Waals surface area contributed by atoms with Crippen LogP contribution >= 0.6 is 22.6 Å². The first-order valence-electron chi connectivity index (χ1n) is 5.95. The number of carbonyl (C=O) groups excluding carboxylic acids is 1. The number of anilines is 2. The van der Waals surface area contributed by atoms with Crippen molar-refractivity contribution in [3.63, 3.8) is 0 Å². The first kappa shape index (κ1) is 15.4. The molecular weight excluding hydrogens is 390 g/mol. The Hall–Kier alpha value is -1.97. The molecule has 0 spiro atoms. The van der Waals surface area contributed by atoms with E-state index in [9.17, 15) is 14.0 Å². The summed E-state index contributed by atoms with van der Waals surface area (Å²) in [6.45, 7) is 1.52. The van der Waals surface area contributed by atoms with E-state index in [2.05, 4.69) is 10.3 Å². The highest BCUT2D eigenvalue weighted by atomic mass is 127. The van der Waals surface area contributed by atoms with Crippen LogP contribution < -0.4 is 16.6 Å². The molecule has 1 aromatic heterocycles. The summed E-state index contributed by atoms with van der Waals surface area (Å²) in [6.07, 6.45) is 1.31. The molecule has 2 aromatic rings. The minimum atomic E-state index is -0.487. The van der Waals surface area contributed by atoms with Crippen molar-refractivity contribution in [3.05, 3.63) is 50.0 Å². The molecule has 0 atom stereocenters. The average Bonchev–Trinajstić information content (AvgIpc) is 2.43. The molecule has 0 unspecified atom stereocenters. The maximum absolute atomic E-state index is 12.9. The van der Waals surface area contributed by atoms with Crippen LogP contribution in [0.2, 0.25) is 0 Å². The number of halogens is 2. The van der Waals surface area contributed by atoms with Gasteiger partial charge in [0.2, 0.25) is 5.91 Å². The highest BCUT2D eigenvalue weighted by Gasteiger charge is 2.10. The van der Waals surface area contributed by atoms with Gasteiger partial charge in [-0.15, -0.1) is 0 Å². The first-order valence-corrected chi connectivity index (χ1v) is 7.03. The lowest BCUT2D eigenvalue weighted by Gasteiger charge is -2.10. The number of carbonyl (C=O) groups is 1. The van der Waals surface area contributed by atoms with E-state index >= 15 is 0 Å². The van der Waals surface area contributed by atoms with Gasteiger partial charge >= 0.3 is 0 Å². The van der Waals surface area contributed by atoms with Gasteiger partial charge in [0, 0.05) is 0 Å². The Bertz CT molecular complexity index is 760. The van der Waals surface area contributed by atoms with Crippen LogP contribution in [0, 0.1) is 16.3 Å². The van der Waals surface area contributed by atoms with E-state index < -0.39 is 11.7 Å². The van der Waals surface area contributed by atoms with E-state index in [0.717, 1.165) is 6.07 Å². The largest absolute Gasteiger partial charge is 0.397 e. The molecule has 2 rings (SSSR count). The van der Waals surface area contributed by atoms with E-state index in [1.807, 2.05) is 22.6 Å². The zero-order valence-electron chi connectivity index (χ0n) is 11.1. The molecule has 0 aliphatic rings. The van der Waals surface area contributed by atoms with Crippen LogP contribution in [0.5, 0.6) is 0 Å². The van der Waals surface area contributed by atoms with Crippen molar-refractivity contribution in [3.8, 4) is 0 Å². The summed E-state index contributed by atoms with van der Waals surface area (Å²) in [5.74, 6) is -0.934. The third kappa shape index (κ3) is 3.57. The van der Waals surface area contributed by atoms with Gasteiger partial charge in [-0.3, -0.25) is 14.2 Å². The Morgan fingerprint density at radius 2 is 2.24 bits per heavy atom. The van der Waals surface area contributed by atoms with Gasteiger partial charge in [-0.25, -0.2) is 9.37 Å². The fourth-order valence-corrected chi connectivity index (χ4v) is 2.10. The molecule has 0 aliphatic heterocycles. The van der Waals surface area contributed by atoms with Gasteiger partial charge in [0.25, 0.3) is 5.56 Å². The number of aryl methyl sites for hydroxylation is 1. The third-order valence-corrected chi connectivity index (χ3v) is 4.00. The summed E-state index contributed by atoms with van der Waals surface area (Å²) in [6, 6.07) is 3.66. The predicted molar refractivity (Wildman–Crippen MR) is 85.4 cm³/mol. The predicted octanol–water partition coefficient (Wildman–Crippen LogP) is 1.52. The highest BCUT2D eigenvalue weighted by molar-refractivity contribution is 14.1. The van der Waals surface area contributed by atoms with Gasteiger partial charge in [-0.2, -0.15) is 0 Å². The number of nitrogens with two attached hydrogens (primary N) is 1. The second kappa shape index (κ2) is 6.20. The number of nitrogens with zero attached hydrogens (tertiary/aromatic N) is 2. The minimum absolute atomic E-state index is 0.118. The Balaban J connectivity index is 2.16. The van der Waals surface area contributed by atoms with Crippen LogP contribution in [0.4, 0.5) is 15.8 Å². The molecule has 8 heteroatoms. The lowest BCUT2D eigenvalue weighted by Crippen LogP contribution is -2.30. The summed E-state index contributed by atoms with van der Waals surface area (Å²) in [5.41, 5.74) is 6.34. The van der Waals surface area contributed by atoms with E-state index in [1.165, 1.54) is 23.0 Å². The van der Waals surface area contributed by atoms with E-state index in [-0.39, 0.29) is 17.8 Å². The smallest absolute Gasteiger partial charge is 0.267 e. The number of hydrogen-bond donors (Lipinski definition) is 2. The summed E-state index contributed by atoms with van der Waals surface area (Å²) < 4.78 is 14.6. The molecule has 110 valence electrons. The normalized spacial score (nSPS) is 10.4. The zero-order valence-corrected chi connectivity index (χ0v) is 13.2. The lowest BCUT2D eigenvalue weighted by atomic mass is 10.2. The minimum Gasteiger partial charge on any atom is -0.397 e. The van der Waals surface area contributed by atoms with Gasteiger partial charge in [-0.05, 0) is 47.7 Å². The monoisotopic (exact) mass is 402 g/mol. The number of amides is 1. The van der Waals surface area contributed by atoms with Crippen molar-refractivity contribution in [1.82, 2.24) is 9.55 Å². The quantitative estimate of drug-likeness (QED) is 0.602. The molecule has 0 saturated carbocycles. The summed E-state index contributed by atoms with van der Waals surface area (Å²) in [7, 11) is 0. The van der Waals surface area contributed by atoms with Gasteiger partial charge in [0.1, 0.15) is 12.4 Å². The van der Waals surface area contributed by atoms with E-state index in [0.29, 0.717) is 15.0 Å². The fraction of sp³-hybridized carbons (Fsp3) is 0.154. The molecule has 0 saturated heterocycles. The second-order valence-electron chi connectivity index (χ2n) is 4.36. The molecule has 0 bridgehead atoms. The van der Waals surface area contributed by atoms with Gasteiger partial charge < -0.3 is 11.1 Å². The van der Waals surface area contributed by atoms with Gasteiger partial charge in [-0.1, -0.05) is 0 Å². The zero-order chi connectivity index (χ0) is 15.6. The van der Waals surface area contributed by atoms with E-state index in [4.69, 9.17) is 5.73 Å². The van der Waals surface area contributed by atoms with Crippen molar-refractivity contribution in [2.24, 2.45) is 0 Å². The van der Waals surface area contributed by atoms with Crippen LogP contribution in [0.25, 0.3) is 0 Å². The first-order chi connectivity index (χ1) is 9.88. The van der Waals surface area contributed by atoms with Crippen LogP contribution in [0.1, 0.15) is 5.69 Å². The molecule has 21 heavy (non-hydrogen) atoms. The number of nitrogen functional groups attached to an aromatic ring is 1. The fourth-order valence-electron chi connectivity index (χ4n) is 1.65. The Morgan fingerprint density at radius 1 is 1.52 bits per heavy atom. The van der Waals surface area contributed by atoms with Crippen molar-refractivity contribution in [2.45, 2.75) is 13.5 Å². The van der Waals surface area contributed by atoms with Crippen LogP contribution in [0.15, 0.2) is 29.3 Å². The molecule has 6 nitrogen and oxygen atoms in total. The summed E-state index contributed by atoms with van der Waals surface area (Å²) in [5, 5.41) is 2.53. The Kier molecular flexibility index (Phi) is 4.56. The molecule has 0 aliphatic carbocycles. The standard InChI is InChI=1S/C13H12FIN4O2/c1-7-12(15)13(21)19(6-17-7)5-11(20)18-10-3-2-8(14)4-9(10)16/h2-4,6H,5,16H2,1H3,(H,18,20). The van der Waals surface area contributed by atoms with Gasteiger partial charge in [0.05, 0.1) is 27.0 Å². The highest BCUT2D eigenvalue weighted by Crippen LogP contribution is 2.18. The Morgan fingerprint density at radius 3 is 2.90 bits per heavy atom. The molecule has 0 radical (unpaired) electrons. The Labute approximate surface area is 133 Å². The molecule has 0 fully saturated rings. The molecular formula is C13H12FIN4O2. The summed E-state index contributed by atoms with van der Waals surface area (Å²) in [4.78, 5) is 27.9. The maximum Gasteiger partial charge on any atom is 0.267 e. The molecule has 1 heterocycles. The second-order valence-corrected chi connectivity index (χ2v) is 5.44. The number of benzene rings is 1. The van der Waals surface area contributed by atoms with Gasteiger partial charge in [0.15, 0.2) is 0 Å². The number of aromatic nitrogens is 2. The van der Waals surface area contributed by atoms with Crippen LogP contribution in [-0.4, -0.2) is 15.5 Å². The van der Waals surface area contributed by atoms with Crippen molar-refractivity contribution in [1.29, 1.82) is 0 Å². The van der Waals surface area contributed by atoms with Crippen LogP contribution in [0.3, 0.4) is 0 Å². The number of rotatable bonds is 3. The molecule has 1 amide bonds.